The minimum Gasteiger partial charge on any atom is -0.496 e. The average molecular weight is 249 g/mol. The molecule has 1 aliphatic carbocycles. The van der Waals surface area contributed by atoms with Crippen molar-refractivity contribution in [2.75, 3.05) is 13.7 Å². The number of hydrogen-bond acceptors (Lipinski definition) is 3. The van der Waals surface area contributed by atoms with Crippen LogP contribution in [0.5, 0.6) is 5.75 Å². The Bertz CT molecular complexity index is 399. The van der Waals surface area contributed by atoms with Gasteiger partial charge < -0.3 is 9.84 Å². The topological polar surface area (TPSA) is 32.7 Å². The zero-order valence-electron chi connectivity index (χ0n) is 11.5. The summed E-state index contributed by atoms with van der Waals surface area (Å²) < 4.78 is 5.42. The van der Waals surface area contributed by atoms with Crippen LogP contribution in [-0.2, 0) is 6.54 Å². The first-order valence-electron chi connectivity index (χ1n) is 6.74. The molecule has 3 heteroatoms. The second-order valence-electron chi connectivity index (χ2n) is 5.04. The second kappa shape index (κ2) is 5.72. The van der Waals surface area contributed by atoms with E-state index in [0.717, 1.165) is 30.4 Å². The first kappa shape index (κ1) is 13.4. The fraction of sp³-hybridized carbons (Fsp3) is 0.600. The van der Waals surface area contributed by atoms with Crippen LogP contribution >= 0.6 is 0 Å². The van der Waals surface area contributed by atoms with Crippen molar-refractivity contribution in [2.45, 2.75) is 45.4 Å². The highest BCUT2D eigenvalue weighted by Crippen LogP contribution is 2.31. The number of rotatable bonds is 6. The summed E-state index contributed by atoms with van der Waals surface area (Å²) in [6.45, 7) is 5.96. The van der Waals surface area contributed by atoms with Crippen LogP contribution in [-0.4, -0.2) is 29.7 Å². The molecule has 0 spiro atoms. The Morgan fingerprint density at radius 1 is 1.44 bits per heavy atom. The van der Waals surface area contributed by atoms with Gasteiger partial charge in [-0.15, -0.1) is 0 Å². The van der Waals surface area contributed by atoms with Crippen molar-refractivity contribution in [2.24, 2.45) is 0 Å². The van der Waals surface area contributed by atoms with E-state index in [2.05, 4.69) is 17.9 Å². The normalized spacial score (nSPS) is 16.9. The van der Waals surface area contributed by atoms with E-state index < -0.39 is 6.10 Å². The van der Waals surface area contributed by atoms with Crippen LogP contribution < -0.4 is 4.74 Å². The van der Waals surface area contributed by atoms with Crippen molar-refractivity contribution in [3.63, 3.8) is 0 Å². The highest BCUT2D eigenvalue weighted by atomic mass is 16.5. The van der Waals surface area contributed by atoms with Gasteiger partial charge in [0.2, 0.25) is 0 Å². The highest BCUT2D eigenvalue weighted by Gasteiger charge is 2.28. The van der Waals surface area contributed by atoms with Crippen molar-refractivity contribution >= 4 is 0 Å². The van der Waals surface area contributed by atoms with E-state index in [4.69, 9.17) is 4.74 Å². The van der Waals surface area contributed by atoms with Crippen molar-refractivity contribution in [3.05, 3.63) is 29.3 Å². The highest BCUT2D eigenvalue weighted by molar-refractivity contribution is 5.38. The smallest absolute Gasteiger partial charge is 0.123 e. The van der Waals surface area contributed by atoms with Gasteiger partial charge in [-0.3, -0.25) is 4.90 Å². The number of benzene rings is 1. The number of hydrogen-bond donors (Lipinski definition) is 1. The molecule has 3 nitrogen and oxygen atoms in total. The Morgan fingerprint density at radius 3 is 2.67 bits per heavy atom. The molecule has 0 amide bonds. The van der Waals surface area contributed by atoms with Gasteiger partial charge in [-0.1, -0.05) is 13.0 Å². The number of ether oxygens (including phenoxy) is 1. The molecule has 0 heterocycles. The van der Waals surface area contributed by atoms with Gasteiger partial charge in [-0.2, -0.15) is 0 Å². The first-order chi connectivity index (χ1) is 8.65. The lowest BCUT2D eigenvalue weighted by molar-refractivity contribution is 0.198. The van der Waals surface area contributed by atoms with Crippen molar-refractivity contribution < 1.29 is 9.84 Å². The van der Waals surface area contributed by atoms with Gasteiger partial charge in [0.15, 0.2) is 0 Å². The van der Waals surface area contributed by atoms with Crippen LogP contribution in [0.2, 0.25) is 0 Å². The summed E-state index contributed by atoms with van der Waals surface area (Å²) in [6, 6.07) is 6.70. The van der Waals surface area contributed by atoms with Crippen LogP contribution in [0.15, 0.2) is 18.2 Å². The Hall–Kier alpha value is -1.06. The Balaban J connectivity index is 2.19. The van der Waals surface area contributed by atoms with Gasteiger partial charge in [-0.25, -0.2) is 0 Å². The van der Waals surface area contributed by atoms with E-state index in [1.807, 2.05) is 12.1 Å². The summed E-state index contributed by atoms with van der Waals surface area (Å²) in [5.41, 5.74) is 2.13. The fourth-order valence-electron chi connectivity index (χ4n) is 2.34. The predicted molar refractivity (Wildman–Crippen MR) is 72.7 cm³/mol. The summed E-state index contributed by atoms with van der Waals surface area (Å²) in [6.07, 6.45) is 2.20. The molecule has 0 radical (unpaired) electrons. The van der Waals surface area contributed by atoms with Crippen LogP contribution in [0.4, 0.5) is 0 Å². The van der Waals surface area contributed by atoms with Crippen LogP contribution in [0.1, 0.15) is 43.9 Å². The second-order valence-corrected chi connectivity index (χ2v) is 5.04. The molecule has 1 saturated carbocycles. The lowest BCUT2D eigenvalue weighted by Crippen LogP contribution is -2.25. The molecule has 0 saturated heterocycles. The molecule has 1 aromatic carbocycles. The van der Waals surface area contributed by atoms with Gasteiger partial charge in [0.05, 0.1) is 13.2 Å². The maximum atomic E-state index is 9.67. The first-order valence-corrected chi connectivity index (χ1v) is 6.74. The molecule has 1 N–H and O–H groups in total. The van der Waals surface area contributed by atoms with E-state index in [-0.39, 0.29) is 0 Å². The zero-order valence-corrected chi connectivity index (χ0v) is 11.5. The molecule has 0 bridgehead atoms. The number of aliphatic hydroxyl groups excluding tert-OH is 1. The van der Waals surface area contributed by atoms with E-state index in [1.165, 1.54) is 18.4 Å². The summed E-state index contributed by atoms with van der Waals surface area (Å²) in [5, 5.41) is 9.67. The molecule has 18 heavy (non-hydrogen) atoms. The van der Waals surface area contributed by atoms with Gasteiger partial charge in [0.1, 0.15) is 5.75 Å². The third-order valence-corrected chi connectivity index (χ3v) is 3.63. The van der Waals surface area contributed by atoms with Gasteiger partial charge in [-0.05, 0) is 44.0 Å². The number of aliphatic hydroxyl groups is 1. The maximum absolute atomic E-state index is 9.67. The Labute approximate surface area is 109 Å². The molecule has 1 aliphatic rings. The maximum Gasteiger partial charge on any atom is 0.123 e. The number of nitrogens with zero attached hydrogens (tertiary/aromatic N) is 1. The molecular weight excluding hydrogens is 226 g/mol. The third kappa shape index (κ3) is 3.03. The number of methoxy groups -OCH3 is 1. The monoisotopic (exact) mass is 249 g/mol. The molecule has 2 rings (SSSR count). The summed E-state index contributed by atoms with van der Waals surface area (Å²) in [7, 11) is 1.70. The lowest BCUT2D eigenvalue weighted by atomic mass is 10.1. The largest absolute Gasteiger partial charge is 0.496 e. The van der Waals surface area contributed by atoms with Crippen molar-refractivity contribution in [3.8, 4) is 5.75 Å². The Kier molecular flexibility index (Phi) is 4.25. The molecule has 1 aromatic rings. The van der Waals surface area contributed by atoms with Crippen LogP contribution in [0.3, 0.4) is 0 Å². The van der Waals surface area contributed by atoms with Crippen LogP contribution in [0, 0.1) is 0 Å². The van der Waals surface area contributed by atoms with E-state index >= 15 is 0 Å². The Morgan fingerprint density at radius 2 is 2.17 bits per heavy atom. The standard InChI is InChI=1S/C15H23NO2/c1-4-16(14-6-7-14)10-13-9-12(11(2)17)5-8-15(13)18-3/h5,8-9,11,14,17H,4,6-7,10H2,1-3H3. The molecule has 0 aliphatic heterocycles. The van der Waals surface area contributed by atoms with Gasteiger partial charge in [0, 0.05) is 18.2 Å². The quantitative estimate of drug-likeness (QED) is 0.841. The SMILES string of the molecule is CCN(Cc1cc(C(C)O)ccc1OC)C1CC1. The molecule has 100 valence electrons. The molecule has 0 aromatic heterocycles. The molecule has 1 fully saturated rings. The zero-order chi connectivity index (χ0) is 13.1. The van der Waals surface area contributed by atoms with Gasteiger partial charge in [0.25, 0.3) is 0 Å². The molecule has 1 unspecified atom stereocenters. The van der Waals surface area contributed by atoms with E-state index in [9.17, 15) is 5.11 Å². The average Bonchev–Trinajstić information content (AvgIpc) is 3.19. The van der Waals surface area contributed by atoms with Crippen molar-refractivity contribution in [1.82, 2.24) is 4.90 Å². The minimum atomic E-state index is -0.425. The lowest BCUT2D eigenvalue weighted by Gasteiger charge is -2.22. The predicted octanol–water partition coefficient (Wildman–Crippen LogP) is 2.73. The van der Waals surface area contributed by atoms with Crippen molar-refractivity contribution in [1.29, 1.82) is 0 Å². The van der Waals surface area contributed by atoms with Gasteiger partial charge >= 0.3 is 0 Å². The van der Waals surface area contributed by atoms with Crippen LogP contribution in [0.25, 0.3) is 0 Å². The van der Waals surface area contributed by atoms with E-state index in [0.29, 0.717) is 0 Å². The molecular formula is C15H23NO2. The third-order valence-electron chi connectivity index (χ3n) is 3.63. The summed E-state index contributed by atoms with van der Waals surface area (Å²) in [5.74, 6) is 0.915. The molecule has 1 atom stereocenters. The summed E-state index contributed by atoms with van der Waals surface area (Å²) in [4.78, 5) is 2.48. The minimum absolute atomic E-state index is 0.425. The fourth-order valence-corrected chi connectivity index (χ4v) is 2.34. The van der Waals surface area contributed by atoms with E-state index in [1.54, 1.807) is 14.0 Å². The summed E-state index contributed by atoms with van der Waals surface area (Å²) >= 11 is 0.